The molecule has 0 unspecified atom stereocenters. The van der Waals surface area contributed by atoms with Crippen LogP contribution in [0.5, 0.6) is 11.5 Å². The molecule has 1 saturated heterocycles. The minimum absolute atomic E-state index is 0.00306. The summed E-state index contributed by atoms with van der Waals surface area (Å²) in [6.07, 6.45) is 2.34. The normalized spacial score (nSPS) is 16.9. The van der Waals surface area contributed by atoms with E-state index in [0.29, 0.717) is 24.3 Å². The van der Waals surface area contributed by atoms with Gasteiger partial charge in [0.05, 0.1) is 12.7 Å². The molecule has 5 rings (SSSR count). The SMILES string of the molecule is COc1ccc(CCN2C(=O)c3ccccc3N[C@@H]2c2ccccc2OCC(=O)N2CCCC2)cc1. The maximum Gasteiger partial charge on any atom is 0.260 e. The van der Waals surface area contributed by atoms with Crippen molar-refractivity contribution in [3.8, 4) is 11.5 Å². The summed E-state index contributed by atoms with van der Waals surface area (Å²) in [5, 5.41) is 3.54. The number of nitrogens with zero attached hydrogens (tertiary/aromatic N) is 2. The van der Waals surface area contributed by atoms with E-state index in [-0.39, 0.29) is 18.4 Å². The molecule has 3 aromatic carbocycles. The lowest BCUT2D eigenvalue weighted by atomic mass is 10.0. The molecule has 186 valence electrons. The molecule has 0 saturated carbocycles. The van der Waals surface area contributed by atoms with Crippen molar-refractivity contribution < 1.29 is 19.1 Å². The molecule has 7 heteroatoms. The van der Waals surface area contributed by atoms with Crippen molar-refractivity contribution in [1.29, 1.82) is 0 Å². The Morgan fingerprint density at radius 2 is 1.69 bits per heavy atom. The number of benzene rings is 3. The van der Waals surface area contributed by atoms with Crippen LogP contribution < -0.4 is 14.8 Å². The first-order valence-corrected chi connectivity index (χ1v) is 12.4. The molecule has 1 fully saturated rings. The standard InChI is InChI=1S/C29H31N3O4/c1-35-22-14-12-21(13-15-22)16-19-32-28(30-25-10-4-2-8-23(25)29(32)34)24-9-3-5-11-26(24)36-20-27(33)31-17-6-7-18-31/h2-5,8-15,28,30H,6-7,16-20H2,1H3/t28-/m0/s1. The fraction of sp³-hybridized carbons (Fsp3) is 0.310. The van der Waals surface area contributed by atoms with Crippen LogP contribution in [0.1, 0.15) is 40.5 Å². The zero-order valence-corrected chi connectivity index (χ0v) is 20.5. The summed E-state index contributed by atoms with van der Waals surface area (Å²) in [6, 6.07) is 23.1. The average molecular weight is 486 g/mol. The van der Waals surface area contributed by atoms with Gasteiger partial charge in [-0.2, -0.15) is 0 Å². The number of amides is 2. The molecule has 0 aliphatic carbocycles. The molecule has 2 heterocycles. The molecular weight excluding hydrogens is 454 g/mol. The third-order valence-electron chi connectivity index (χ3n) is 6.85. The van der Waals surface area contributed by atoms with Gasteiger partial charge < -0.3 is 24.6 Å². The summed E-state index contributed by atoms with van der Waals surface area (Å²) < 4.78 is 11.3. The quantitative estimate of drug-likeness (QED) is 0.509. The number of methoxy groups -OCH3 is 1. The van der Waals surface area contributed by atoms with E-state index in [0.717, 1.165) is 48.5 Å². The Hall–Kier alpha value is -4.00. The highest BCUT2D eigenvalue weighted by atomic mass is 16.5. The van der Waals surface area contributed by atoms with Crippen LogP contribution >= 0.6 is 0 Å². The zero-order valence-electron chi connectivity index (χ0n) is 20.5. The number of carbonyl (C=O) groups excluding carboxylic acids is 2. The first-order valence-electron chi connectivity index (χ1n) is 12.4. The summed E-state index contributed by atoms with van der Waals surface area (Å²) in [6.45, 7) is 2.08. The van der Waals surface area contributed by atoms with E-state index in [9.17, 15) is 9.59 Å². The number of rotatable bonds is 8. The molecule has 2 amide bonds. The van der Waals surface area contributed by atoms with Gasteiger partial charge in [0.25, 0.3) is 11.8 Å². The lowest BCUT2D eigenvalue weighted by molar-refractivity contribution is -0.132. The van der Waals surface area contributed by atoms with Crippen molar-refractivity contribution in [3.05, 3.63) is 89.5 Å². The van der Waals surface area contributed by atoms with Crippen molar-refractivity contribution in [2.24, 2.45) is 0 Å². The van der Waals surface area contributed by atoms with Gasteiger partial charge in [-0.3, -0.25) is 9.59 Å². The van der Waals surface area contributed by atoms with Crippen molar-refractivity contribution >= 4 is 17.5 Å². The van der Waals surface area contributed by atoms with Gasteiger partial charge in [-0.25, -0.2) is 0 Å². The third kappa shape index (κ3) is 5.00. The van der Waals surface area contributed by atoms with Gasteiger partial charge in [0.1, 0.15) is 17.7 Å². The molecule has 1 N–H and O–H groups in total. The molecule has 0 spiro atoms. The lowest BCUT2D eigenvalue weighted by Gasteiger charge is -2.38. The number of anilines is 1. The van der Waals surface area contributed by atoms with E-state index >= 15 is 0 Å². The van der Waals surface area contributed by atoms with E-state index in [1.807, 2.05) is 82.6 Å². The fourth-order valence-corrected chi connectivity index (χ4v) is 4.85. The van der Waals surface area contributed by atoms with Crippen molar-refractivity contribution in [1.82, 2.24) is 9.80 Å². The van der Waals surface area contributed by atoms with Crippen LogP contribution in [-0.2, 0) is 11.2 Å². The lowest BCUT2D eigenvalue weighted by Crippen LogP contribution is -2.44. The van der Waals surface area contributed by atoms with Crippen LogP contribution in [0.2, 0.25) is 0 Å². The summed E-state index contributed by atoms with van der Waals surface area (Å²) >= 11 is 0. The van der Waals surface area contributed by atoms with Crippen LogP contribution in [0.4, 0.5) is 5.69 Å². The summed E-state index contributed by atoms with van der Waals surface area (Å²) in [7, 11) is 1.65. The predicted molar refractivity (Wildman–Crippen MR) is 138 cm³/mol. The number of hydrogen-bond donors (Lipinski definition) is 1. The van der Waals surface area contributed by atoms with E-state index < -0.39 is 6.17 Å². The second-order valence-electron chi connectivity index (χ2n) is 9.10. The minimum Gasteiger partial charge on any atom is -0.497 e. The van der Waals surface area contributed by atoms with E-state index in [4.69, 9.17) is 9.47 Å². The number of fused-ring (bicyclic) bond motifs is 1. The molecule has 36 heavy (non-hydrogen) atoms. The molecule has 2 aliphatic heterocycles. The summed E-state index contributed by atoms with van der Waals surface area (Å²) in [4.78, 5) is 29.9. The number of para-hydroxylation sites is 2. The largest absolute Gasteiger partial charge is 0.497 e. The number of ether oxygens (including phenoxy) is 2. The predicted octanol–water partition coefficient (Wildman–Crippen LogP) is 4.51. The molecular formula is C29H31N3O4. The van der Waals surface area contributed by atoms with Gasteiger partial charge in [-0.15, -0.1) is 0 Å². The molecule has 3 aromatic rings. The van der Waals surface area contributed by atoms with E-state index in [1.165, 1.54) is 0 Å². The number of nitrogens with one attached hydrogen (secondary N) is 1. The van der Waals surface area contributed by atoms with E-state index in [2.05, 4.69) is 5.32 Å². The number of likely N-dealkylation sites (tertiary alicyclic amines) is 1. The van der Waals surface area contributed by atoms with Crippen molar-refractivity contribution in [2.75, 3.05) is 38.7 Å². The highest BCUT2D eigenvalue weighted by Gasteiger charge is 2.34. The molecule has 2 aliphatic rings. The van der Waals surface area contributed by atoms with Gasteiger partial charge >= 0.3 is 0 Å². The molecule has 1 atom stereocenters. The summed E-state index contributed by atoms with van der Waals surface area (Å²) in [5.41, 5.74) is 3.37. The Balaban J connectivity index is 1.40. The molecule has 0 bridgehead atoms. The van der Waals surface area contributed by atoms with Crippen molar-refractivity contribution in [3.63, 3.8) is 0 Å². The maximum atomic E-state index is 13.6. The summed E-state index contributed by atoms with van der Waals surface area (Å²) in [5.74, 6) is 1.36. The Kier molecular flexibility index (Phi) is 7.07. The Labute approximate surface area is 211 Å². The maximum absolute atomic E-state index is 13.6. The van der Waals surface area contributed by atoms with Crippen molar-refractivity contribution in [2.45, 2.75) is 25.4 Å². The Bertz CT molecular complexity index is 1220. The second kappa shape index (κ2) is 10.7. The van der Waals surface area contributed by atoms with Crippen LogP contribution in [0.3, 0.4) is 0 Å². The van der Waals surface area contributed by atoms with Crippen LogP contribution in [0.15, 0.2) is 72.8 Å². The Morgan fingerprint density at radius 1 is 0.972 bits per heavy atom. The highest BCUT2D eigenvalue weighted by Crippen LogP contribution is 2.37. The molecule has 0 radical (unpaired) electrons. The smallest absolute Gasteiger partial charge is 0.260 e. The zero-order chi connectivity index (χ0) is 24.9. The monoisotopic (exact) mass is 485 g/mol. The third-order valence-corrected chi connectivity index (χ3v) is 6.85. The first kappa shape index (κ1) is 23.7. The fourth-order valence-electron chi connectivity index (χ4n) is 4.85. The van der Waals surface area contributed by atoms with Gasteiger partial charge in [0.15, 0.2) is 6.61 Å². The highest BCUT2D eigenvalue weighted by molar-refractivity contribution is 6.01. The van der Waals surface area contributed by atoms with Crippen LogP contribution in [0, 0.1) is 0 Å². The first-order chi connectivity index (χ1) is 17.6. The van der Waals surface area contributed by atoms with Gasteiger partial charge in [0, 0.05) is 30.9 Å². The van der Waals surface area contributed by atoms with Gasteiger partial charge in [-0.05, 0) is 55.2 Å². The second-order valence-corrected chi connectivity index (χ2v) is 9.10. The number of hydrogen-bond acceptors (Lipinski definition) is 5. The molecule has 7 nitrogen and oxygen atoms in total. The number of carbonyl (C=O) groups is 2. The minimum atomic E-state index is -0.427. The average Bonchev–Trinajstić information content (AvgIpc) is 3.47. The Morgan fingerprint density at radius 3 is 2.47 bits per heavy atom. The van der Waals surface area contributed by atoms with Crippen LogP contribution in [-0.4, -0.2) is 55.0 Å². The topological polar surface area (TPSA) is 71.1 Å². The molecule has 0 aromatic heterocycles. The van der Waals surface area contributed by atoms with E-state index in [1.54, 1.807) is 7.11 Å². The van der Waals surface area contributed by atoms with Crippen LogP contribution in [0.25, 0.3) is 0 Å². The van der Waals surface area contributed by atoms with Gasteiger partial charge in [-0.1, -0.05) is 42.5 Å². The van der Waals surface area contributed by atoms with Gasteiger partial charge in [0.2, 0.25) is 0 Å².